The molecular weight excluding hydrogens is 328 g/mol. The number of nitrogens with zero attached hydrogens (tertiary/aromatic N) is 1. The van der Waals surface area contributed by atoms with Gasteiger partial charge in [-0.3, -0.25) is 15.2 Å². The maximum absolute atomic E-state index is 12.2. The zero-order valence-electron chi connectivity index (χ0n) is 12.3. The fourth-order valence-electron chi connectivity index (χ4n) is 2.53. The van der Waals surface area contributed by atoms with Crippen LogP contribution >= 0.6 is 0 Å². The summed E-state index contributed by atoms with van der Waals surface area (Å²) in [4.78, 5) is 16.9. The molecule has 1 saturated carbocycles. The molecule has 3 atom stereocenters. The Labute approximate surface area is 133 Å². The maximum atomic E-state index is 12.2. The fraction of sp³-hybridized carbons (Fsp3) is 0.462. The molecule has 1 aromatic carbocycles. The van der Waals surface area contributed by atoms with Crippen molar-refractivity contribution in [1.29, 1.82) is 0 Å². The van der Waals surface area contributed by atoms with Gasteiger partial charge in [0, 0.05) is 13.0 Å². The van der Waals surface area contributed by atoms with Crippen molar-refractivity contribution >= 4 is 15.9 Å². The number of methoxy groups -OCH3 is 1. The quantitative estimate of drug-likeness (QED) is 0.628. The predicted octanol–water partition coefficient (Wildman–Crippen LogP) is 0.297. The number of nitrogens with one attached hydrogen (secondary N) is 1. The summed E-state index contributed by atoms with van der Waals surface area (Å²) < 4.78 is 31.4. The number of ether oxygens (including phenoxy) is 1. The van der Waals surface area contributed by atoms with Gasteiger partial charge in [0.25, 0.3) is 10.0 Å². The van der Waals surface area contributed by atoms with Gasteiger partial charge in [0.1, 0.15) is 6.10 Å². The molecule has 0 spiro atoms. The molecule has 0 radical (unpaired) electrons. The van der Waals surface area contributed by atoms with Gasteiger partial charge in [-0.05, 0) is 25.0 Å². The summed E-state index contributed by atoms with van der Waals surface area (Å²) in [5.74, 6) is -1.38. The van der Waals surface area contributed by atoms with Crippen molar-refractivity contribution in [3.8, 4) is 0 Å². The highest BCUT2D eigenvalue weighted by atomic mass is 32.2. The molecule has 1 amide bonds. The average Bonchev–Trinajstić information content (AvgIpc) is 2.90. The van der Waals surface area contributed by atoms with E-state index in [1.807, 2.05) is 4.72 Å². The molecule has 0 heterocycles. The standard InChI is InChI=1S/C13H18N2O7S/c1-21-11-7-9(8-12(11)22-15(17)18)13(16)14-23(19,20)10-5-3-2-4-6-10/h2-6,9,11-12,17-18H,7-8H2,1H3,(H,14,16)/t9-,11+,12+/m1/s1. The van der Waals surface area contributed by atoms with Crippen molar-refractivity contribution < 1.29 is 33.2 Å². The summed E-state index contributed by atoms with van der Waals surface area (Å²) in [5, 5.41) is 17.0. The minimum absolute atomic E-state index is 0.0145. The lowest BCUT2D eigenvalue weighted by Gasteiger charge is -2.18. The Kier molecular flexibility index (Phi) is 5.68. The smallest absolute Gasteiger partial charge is 0.264 e. The van der Waals surface area contributed by atoms with Crippen LogP contribution in [0.25, 0.3) is 0 Å². The number of hydrogen-bond acceptors (Lipinski definition) is 8. The van der Waals surface area contributed by atoms with Gasteiger partial charge in [-0.1, -0.05) is 18.2 Å². The SMILES string of the molecule is CO[C@H]1C[C@@H](C(=O)NS(=O)(=O)c2ccccc2)C[C@@H]1ON(O)O. The first-order valence-corrected chi connectivity index (χ1v) is 8.31. The number of amides is 1. The first-order valence-electron chi connectivity index (χ1n) is 6.82. The molecule has 1 aromatic rings. The maximum Gasteiger partial charge on any atom is 0.264 e. The van der Waals surface area contributed by atoms with E-state index in [2.05, 4.69) is 0 Å². The largest absolute Gasteiger partial charge is 0.379 e. The summed E-state index contributed by atoms with van der Waals surface area (Å²) in [5.41, 5.74) is 0. The molecule has 23 heavy (non-hydrogen) atoms. The van der Waals surface area contributed by atoms with Crippen LogP contribution in [0.15, 0.2) is 35.2 Å². The number of benzene rings is 1. The summed E-state index contributed by atoms with van der Waals surface area (Å²) >= 11 is 0. The normalized spacial score (nSPS) is 24.8. The van der Waals surface area contributed by atoms with Gasteiger partial charge in [-0.2, -0.15) is 0 Å². The van der Waals surface area contributed by atoms with Gasteiger partial charge in [0.2, 0.25) is 5.91 Å². The number of hydrogen-bond donors (Lipinski definition) is 3. The summed E-state index contributed by atoms with van der Waals surface area (Å²) in [6.45, 7) is 0. The van der Waals surface area contributed by atoms with Crippen molar-refractivity contribution in [3.63, 3.8) is 0 Å². The van der Waals surface area contributed by atoms with Crippen LogP contribution in [0.1, 0.15) is 12.8 Å². The molecule has 3 N–H and O–H groups in total. The second kappa shape index (κ2) is 7.34. The summed E-state index contributed by atoms with van der Waals surface area (Å²) in [6, 6.07) is 7.53. The fourth-order valence-corrected chi connectivity index (χ4v) is 3.59. The monoisotopic (exact) mass is 346 g/mol. The van der Waals surface area contributed by atoms with Crippen LogP contribution < -0.4 is 4.72 Å². The second-order valence-electron chi connectivity index (χ2n) is 5.12. The Balaban J connectivity index is 2.04. The first kappa shape index (κ1) is 17.8. The van der Waals surface area contributed by atoms with Crippen LogP contribution in [0.2, 0.25) is 0 Å². The van der Waals surface area contributed by atoms with E-state index < -0.39 is 39.4 Å². The molecule has 0 saturated heterocycles. The Morgan fingerprint density at radius 2 is 1.83 bits per heavy atom. The van der Waals surface area contributed by atoms with Gasteiger partial charge in [-0.15, -0.1) is 0 Å². The predicted molar refractivity (Wildman–Crippen MR) is 75.6 cm³/mol. The van der Waals surface area contributed by atoms with Gasteiger partial charge >= 0.3 is 0 Å². The van der Waals surface area contributed by atoms with E-state index in [-0.39, 0.29) is 17.7 Å². The van der Waals surface area contributed by atoms with Crippen LogP contribution in [0, 0.1) is 5.92 Å². The van der Waals surface area contributed by atoms with Crippen LogP contribution in [0.3, 0.4) is 0 Å². The highest BCUT2D eigenvalue weighted by molar-refractivity contribution is 7.90. The van der Waals surface area contributed by atoms with Gasteiger partial charge < -0.3 is 4.74 Å². The van der Waals surface area contributed by atoms with Crippen molar-refractivity contribution in [2.75, 3.05) is 7.11 Å². The molecule has 0 aromatic heterocycles. The van der Waals surface area contributed by atoms with Crippen molar-refractivity contribution in [2.24, 2.45) is 5.92 Å². The van der Waals surface area contributed by atoms with Crippen LogP contribution in [-0.4, -0.2) is 49.4 Å². The van der Waals surface area contributed by atoms with Crippen LogP contribution in [0.5, 0.6) is 0 Å². The van der Waals surface area contributed by atoms with E-state index in [4.69, 9.17) is 20.0 Å². The third-order valence-electron chi connectivity index (χ3n) is 3.64. The van der Waals surface area contributed by atoms with E-state index in [0.29, 0.717) is 0 Å². The molecule has 10 heteroatoms. The van der Waals surface area contributed by atoms with Crippen molar-refractivity contribution in [1.82, 2.24) is 10.1 Å². The van der Waals surface area contributed by atoms with E-state index in [9.17, 15) is 13.2 Å². The second-order valence-corrected chi connectivity index (χ2v) is 6.80. The molecule has 2 rings (SSSR count). The molecule has 0 bridgehead atoms. The van der Waals surface area contributed by atoms with Crippen molar-refractivity contribution in [3.05, 3.63) is 30.3 Å². The van der Waals surface area contributed by atoms with E-state index in [1.54, 1.807) is 18.2 Å². The lowest BCUT2D eigenvalue weighted by molar-refractivity contribution is -0.507. The molecule has 1 aliphatic carbocycles. The molecule has 1 aliphatic rings. The number of sulfonamides is 1. The topological polar surface area (TPSA) is 125 Å². The summed E-state index contributed by atoms with van der Waals surface area (Å²) in [7, 11) is -2.56. The Morgan fingerprint density at radius 1 is 1.22 bits per heavy atom. The van der Waals surface area contributed by atoms with E-state index >= 15 is 0 Å². The lowest BCUT2D eigenvalue weighted by Crippen LogP contribution is -2.35. The number of carbonyl (C=O) groups is 1. The molecule has 0 aliphatic heterocycles. The van der Waals surface area contributed by atoms with E-state index in [0.717, 1.165) is 0 Å². The Morgan fingerprint density at radius 3 is 2.39 bits per heavy atom. The molecular formula is C13H18N2O7S. The Hall–Kier alpha value is -1.56. The van der Waals surface area contributed by atoms with Gasteiger partial charge in [-0.25, -0.2) is 18.0 Å². The zero-order valence-corrected chi connectivity index (χ0v) is 13.1. The zero-order chi connectivity index (χ0) is 17.0. The van der Waals surface area contributed by atoms with Gasteiger partial charge in [0.15, 0.2) is 0 Å². The first-order chi connectivity index (χ1) is 10.8. The highest BCUT2D eigenvalue weighted by Gasteiger charge is 2.41. The summed E-state index contributed by atoms with van der Waals surface area (Å²) in [6.07, 6.45) is -1.05. The average molecular weight is 346 g/mol. The van der Waals surface area contributed by atoms with Crippen LogP contribution in [-0.2, 0) is 24.4 Å². The molecule has 9 nitrogen and oxygen atoms in total. The minimum Gasteiger partial charge on any atom is -0.379 e. The molecule has 1 fully saturated rings. The number of carbonyl (C=O) groups excluding carboxylic acids is 1. The van der Waals surface area contributed by atoms with Crippen molar-refractivity contribution in [2.45, 2.75) is 29.9 Å². The Bertz CT molecular complexity index is 635. The minimum atomic E-state index is -3.95. The number of rotatable bonds is 6. The van der Waals surface area contributed by atoms with E-state index in [1.165, 1.54) is 19.2 Å². The molecule has 0 unspecified atom stereocenters. The molecule has 128 valence electrons. The van der Waals surface area contributed by atoms with Crippen LogP contribution in [0.4, 0.5) is 0 Å². The lowest BCUT2D eigenvalue weighted by atomic mass is 10.1. The highest BCUT2D eigenvalue weighted by Crippen LogP contribution is 2.31. The third kappa shape index (κ3) is 4.47. The van der Waals surface area contributed by atoms with Gasteiger partial charge in [0.05, 0.1) is 16.4 Å². The third-order valence-corrected chi connectivity index (χ3v) is 5.00.